The Morgan fingerprint density at radius 2 is 2.00 bits per heavy atom. The number of aliphatic hydroxyl groups excluding tert-OH is 1. The lowest BCUT2D eigenvalue weighted by atomic mass is 10.1. The molecule has 76 valence electrons. The number of hydrogen-bond donors (Lipinski definition) is 1. The van der Waals surface area contributed by atoms with E-state index in [2.05, 4.69) is 0 Å². The Kier molecular flexibility index (Phi) is 4.07. The molecule has 0 saturated carbocycles. The predicted octanol–water partition coefficient (Wildman–Crippen LogP) is 1.26. The van der Waals surface area contributed by atoms with Gasteiger partial charge in [0.05, 0.1) is 0 Å². The Hall–Kier alpha value is -1.42. The summed E-state index contributed by atoms with van der Waals surface area (Å²) in [6.45, 7) is -0.368. The maximum absolute atomic E-state index is 10.1. The second-order valence-electron chi connectivity index (χ2n) is 3.19. The van der Waals surface area contributed by atoms with Crippen LogP contribution in [0.15, 0.2) is 30.3 Å². The monoisotopic (exact) mass is 195 g/mol. The third-order valence-electron chi connectivity index (χ3n) is 1.97. The van der Waals surface area contributed by atoms with E-state index < -0.39 is 11.0 Å². The van der Waals surface area contributed by atoms with Gasteiger partial charge in [-0.15, -0.1) is 0 Å². The number of aryl methyl sites for hydroxylation is 1. The van der Waals surface area contributed by atoms with Crippen LogP contribution in [0.5, 0.6) is 0 Å². The fraction of sp³-hybridized carbons (Fsp3) is 0.400. The molecule has 1 N–H and O–H groups in total. The number of hydrogen-bond acceptors (Lipinski definition) is 3. The zero-order valence-electron chi connectivity index (χ0n) is 7.80. The average Bonchev–Trinajstić information content (AvgIpc) is 2.15. The summed E-state index contributed by atoms with van der Waals surface area (Å²) in [6.07, 6.45) is 0.270. The molecule has 14 heavy (non-hydrogen) atoms. The van der Waals surface area contributed by atoms with E-state index in [-0.39, 0.29) is 6.54 Å². The van der Waals surface area contributed by atoms with Crippen molar-refractivity contribution >= 4 is 0 Å². The van der Waals surface area contributed by atoms with E-state index in [4.69, 9.17) is 0 Å². The lowest BCUT2D eigenvalue weighted by molar-refractivity contribution is -0.490. The first-order valence-corrected chi connectivity index (χ1v) is 4.52. The molecule has 1 unspecified atom stereocenters. The van der Waals surface area contributed by atoms with Crippen LogP contribution in [-0.2, 0) is 6.42 Å². The van der Waals surface area contributed by atoms with Crippen LogP contribution in [0.3, 0.4) is 0 Å². The van der Waals surface area contributed by atoms with Crippen molar-refractivity contribution in [2.45, 2.75) is 18.9 Å². The second kappa shape index (κ2) is 5.34. The molecule has 0 saturated heterocycles. The fourth-order valence-corrected chi connectivity index (χ4v) is 1.24. The van der Waals surface area contributed by atoms with Crippen LogP contribution in [0.1, 0.15) is 12.0 Å². The minimum absolute atomic E-state index is 0.368. The second-order valence-corrected chi connectivity index (χ2v) is 3.19. The average molecular weight is 195 g/mol. The van der Waals surface area contributed by atoms with E-state index in [0.29, 0.717) is 12.8 Å². The van der Waals surface area contributed by atoms with Crippen molar-refractivity contribution in [1.82, 2.24) is 0 Å². The van der Waals surface area contributed by atoms with Gasteiger partial charge in [0.15, 0.2) is 0 Å². The van der Waals surface area contributed by atoms with Gasteiger partial charge in [0.2, 0.25) is 6.54 Å². The van der Waals surface area contributed by atoms with Gasteiger partial charge < -0.3 is 5.11 Å². The summed E-state index contributed by atoms with van der Waals surface area (Å²) in [4.78, 5) is 9.58. The predicted molar refractivity (Wildman–Crippen MR) is 52.6 cm³/mol. The molecular weight excluding hydrogens is 182 g/mol. The SMILES string of the molecule is O=[N+]([O-])CC(O)CCc1ccccc1. The highest BCUT2D eigenvalue weighted by Crippen LogP contribution is 2.04. The summed E-state index contributed by atoms with van der Waals surface area (Å²) in [5.74, 6) is 0. The summed E-state index contributed by atoms with van der Waals surface area (Å²) in [5, 5.41) is 19.3. The zero-order valence-corrected chi connectivity index (χ0v) is 7.80. The van der Waals surface area contributed by atoms with Crippen LogP contribution < -0.4 is 0 Å². The first-order valence-electron chi connectivity index (χ1n) is 4.52. The summed E-state index contributed by atoms with van der Waals surface area (Å²) in [7, 11) is 0. The van der Waals surface area contributed by atoms with Crippen molar-refractivity contribution in [3.63, 3.8) is 0 Å². The van der Waals surface area contributed by atoms with Gasteiger partial charge in [0.25, 0.3) is 0 Å². The van der Waals surface area contributed by atoms with E-state index in [1.54, 1.807) is 0 Å². The number of aliphatic hydroxyl groups is 1. The van der Waals surface area contributed by atoms with Gasteiger partial charge in [-0.05, 0) is 18.4 Å². The Balaban J connectivity index is 2.30. The minimum atomic E-state index is -0.842. The molecule has 0 aromatic heterocycles. The molecule has 0 amide bonds. The molecule has 1 aromatic rings. The van der Waals surface area contributed by atoms with Crippen molar-refractivity contribution in [3.8, 4) is 0 Å². The summed E-state index contributed by atoms with van der Waals surface area (Å²) in [5.41, 5.74) is 1.09. The highest BCUT2D eigenvalue weighted by Gasteiger charge is 2.10. The van der Waals surface area contributed by atoms with Crippen LogP contribution in [-0.4, -0.2) is 22.7 Å². The first-order chi connectivity index (χ1) is 6.68. The maximum Gasteiger partial charge on any atom is 0.229 e. The number of nitro groups is 1. The molecule has 1 atom stereocenters. The van der Waals surface area contributed by atoms with E-state index in [0.717, 1.165) is 5.56 Å². The highest BCUT2D eigenvalue weighted by atomic mass is 16.6. The standard InChI is InChI=1S/C10H13NO3/c12-10(8-11(13)14)7-6-9-4-2-1-3-5-9/h1-5,10,12H,6-8H2. The zero-order chi connectivity index (χ0) is 10.4. The minimum Gasteiger partial charge on any atom is -0.386 e. The molecule has 0 spiro atoms. The normalized spacial score (nSPS) is 12.4. The summed E-state index contributed by atoms with van der Waals surface area (Å²) >= 11 is 0. The molecule has 0 fully saturated rings. The van der Waals surface area contributed by atoms with Gasteiger partial charge in [0.1, 0.15) is 6.10 Å². The van der Waals surface area contributed by atoms with Crippen molar-refractivity contribution in [1.29, 1.82) is 0 Å². The van der Waals surface area contributed by atoms with Crippen LogP contribution in [0, 0.1) is 10.1 Å². The molecule has 0 aliphatic heterocycles. The molecule has 0 bridgehead atoms. The Morgan fingerprint density at radius 3 is 2.57 bits per heavy atom. The Bertz CT molecular complexity index is 287. The highest BCUT2D eigenvalue weighted by molar-refractivity contribution is 5.14. The molecule has 0 radical (unpaired) electrons. The topological polar surface area (TPSA) is 63.4 Å². The van der Waals surface area contributed by atoms with Gasteiger partial charge in [0, 0.05) is 4.92 Å². The van der Waals surface area contributed by atoms with Crippen LogP contribution >= 0.6 is 0 Å². The van der Waals surface area contributed by atoms with Gasteiger partial charge in [-0.1, -0.05) is 30.3 Å². The molecule has 0 heterocycles. The van der Waals surface area contributed by atoms with Gasteiger partial charge in [-0.2, -0.15) is 0 Å². The van der Waals surface area contributed by atoms with E-state index in [9.17, 15) is 15.2 Å². The van der Waals surface area contributed by atoms with E-state index >= 15 is 0 Å². The third kappa shape index (κ3) is 4.00. The summed E-state index contributed by atoms with van der Waals surface area (Å²) in [6, 6.07) is 9.62. The van der Waals surface area contributed by atoms with Crippen molar-refractivity contribution in [2.24, 2.45) is 0 Å². The molecule has 0 aliphatic carbocycles. The molecule has 4 nitrogen and oxygen atoms in total. The van der Waals surface area contributed by atoms with E-state index in [1.807, 2.05) is 30.3 Å². The lowest BCUT2D eigenvalue weighted by Crippen LogP contribution is -2.19. The van der Waals surface area contributed by atoms with Gasteiger partial charge in [-0.25, -0.2) is 0 Å². The Labute approximate surface area is 82.3 Å². The molecule has 1 rings (SSSR count). The van der Waals surface area contributed by atoms with E-state index in [1.165, 1.54) is 0 Å². The quantitative estimate of drug-likeness (QED) is 0.568. The molecule has 4 heteroatoms. The Morgan fingerprint density at radius 1 is 1.36 bits per heavy atom. The van der Waals surface area contributed by atoms with Crippen LogP contribution in [0.2, 0.25) is 0 Å². The van der Waals surface area contributed by atoms with Crippen molar-refractivity contribution < 1.29 is 10.0 Å². The largest absolute Gasteiger partial charge is 0.386 e. The van der Waals surface area contributed by atoms with Crippen molar-refractivity contribution in [2.75, 3.05) is 6.54 Å². The summed E-state index contributed by atoms with van der Waals surface area (Å²) < 4.78 is 0. The van der Waals surface area contributed by atoms with Gasteiger partial charge >= 0.3 is 0 Å². The van der Waals surface area contributed by atoms with Gasteiger partial charge in [-0.3, -0.25) is 10.1 Å². The third-order valence-corrected chi connectivity index (χ3v) is 1.97. The lowest BCUT2D eigenvalue weighted by Gasteiger charge is -2.05. The number of nitrogens with zero attached hydrogens (tertiary/aromatic N) is 1. The molecular formula is C10H13NO3. The van der Waals surface area contributed by atoms with Crippen molar-refractivity contribution in [3.05, 3.63) is 46.0 Å². The maximum atomic E-state index is 10.1. The molecule has 0 aliphatic rings. The fourth-order valence-electron chi connectivity index (χ4n) is 1.24. The first kappa shape index (κ1) is 10.7. The van der Waals surface area contributed by atoms with Crippen LogP contribution in [0.25, 0.3) is 0 Å². The smallest absolute Gasteiger partial charge is 0.229 e. The number of rotatable bonds is 5. The molecule has 1 aromatic carbocycles. The van der Waals surface area contributed by atoms with Crippen LogP contribution in [0.4, 0.5) is 0 Å². The number of benzene rings is 1.